The maximum absolute atomic E-state index is 12.2. The zero-order valence-corrected chi connectivity index (χ0v) is 13.4. The van der Waals surface area contributed by atoms with Crippen molar-refractivity contribution < 1.29 is 14.7 Å². The third-order valence-electron chi connectivity index (χ3n) is 2.60. The number of carboxylic acids is 1. The van der Waals surface area contributed by atoms with E-state index in [0.29, 0.717) is 9.23 Å². The van der Waals surface area contributed by atoms with E-state index in [-0.39, 0.29) is 18.9 Å². The van der Waals surface area contributed by atoms with Gasteiger partial charge in [0.15, 0.2) is 0 Å². The van der Waals surface area contributed by atoms with E-state index in [9.17, 15) is 14.7 Å². The molecule has 0 aliphatic carbocycles. The summed E-state index contributed by atoms with van der Waals surface area (Å²) in [6.45, 7) is 0.0420. The Kier molecular flexibility index (Phi) is 4.95. The fraction of sp³-hybridized carbons (Fsp3) is 0.154. The number of thiocarbonyl (C=S) groups is 1. The number of aliphatic carboxylic acids is 1. The van der Waals surface area contributed by atoms with Crippen molar-refractivity contribution in [1.82, 2.24) is 4.90 Å². The average Bonchev–Trinajstić information content (AvgIpc) is 2.65. The van der Waals surface area contributed by atoms with E-state index in [4.69, 9.17) is 12.2 Å². The summed E-state index contributed by atoms with van der Waals surface area (Å²) in [5.41, 5.74) is 0.868. The largest absolute Gasteiger partial charge is 0.550 e. The van der Waals surface area contributed by atoms with Crippen molar-refractivity contribution >= 4 is 62.2 Å². The van der Waals surface area contributed by atoms with Crippen LogP contribution >= 0.6 is 39.9 Å². The topological polar surface area (TPSA) is 60.4 Å². The van der Waals surface area contributed by atoms with Gasteiger partial charge in [0.05, 0.1) is 4.91 Å². The molecule has 0 spiro atoms. The van der Waals surface area contributed by atoms with Gasteiger partial charge < -0.3 is 9.90 Å². The van der Waals surface area contributed by atoms with Crippen LogP contribution in [0.3, 0.4) is 0 Å². The number of benzene rings is 1. The highest BCUT2D eigenvalue weighted by molar-refractivity contribution is 9.10. The van der Waals surface area contributed by atoms with E-state index in [0.717, 1.165) is 10.0 Å². The van der Waals surface area contributed by atoms with Crippen LogP contribution < -0.4 is 5.11 Å². The summed E-state index contributed by atoms with van der Waals surface area (Å²) in [7, 11) is 0. The van der Waals surface area contributed by atoms with E-state index < -0.39 is 5.97 Å². The number of hydrogen-bond acceptors (Lipinski definition) is 5. The van der Waals surface area contributed by atoms with Gasteiger partial charge in [-0.3, -0.25) is 9.69 Å². The van der Waals surface area contributed by atoms with Gasteiger partial charge in [0, 0.05) is 23.4 Å². The molecule has 1 aliphatic heterocycles. The minimum absolute atomic E-state index is 0.0420. The number of amides is 1. The summed E-state index contributed by atoms with van der Waals surface area (Å²) in [4.78, 5) is 24.4. The first kappa shape index (κ1) is 15.2. The van der Waals surface area contributed by atoms with Gasteiger partial charge in [-0.2, -0.15) is 0 Å². The molecule has 1 aromatic rings. The Bertz CT molecular complexity index is 615. The quantitative estimate of drug-likeness (QED) is 0.597. The average molecular weight is 371 g/mol. The van der Waals surface area contributed by atoms with E-state index in [2.05, 4.69) is 15.9 Å². The van der Waals surface area contributed by atoms with E-state index in [1.807, 2.05) is 24.3 Å². The third kappa shape index (κ3) is 3.47. The van der Waals surface area contributed by atoms with Gasteiger partial charge in [0.1, 0.15) is 4.32 Å². The molecule has 1 heterocycles. The number of carboxylic acid groups (broad SMARTS) is 1. The molecule has 0 bridgehead atoms. The lowest BCUT2D eigenvalue weighted by Crippen LogP contribution is -2.33. The summed E-state index contributed by atoms with van der Waals surface area (Å²) >= 11 is 9.68. The molecule has 1 amide bonds. The van der Waals surface area contributed by atoms with Crippen molar-refractivity contribution in [2.75, 3.05) is 6.54 Å². The Hall–Kier alpha value is -1.18. The molecular formula is C13H9BrNO3S2-. The van der Waals surface area contributed by atoms with Crippen LogP contribution in [0.4, 0.5) is 0 Å². The number of halogens is 1. The van der Waals surface area contributed by atoms with Gasteiger partial charge >= 0.3 is 0 Å². The van der Waals surface area contributed by atoms with Crippen molar-refractivity contribution in [3.8, 4) is 0 Å². The minimum atomic E-state index is -1.20. The highest BCUT2D eigenvalue weighted by atomic mass is 79.9. The van der Waals surface area contributed by atoms with Crippen molar-refractivity contribution in [3.05, 3.63) is 39.2 Å². The Morgan fingerprint density at radius 3 is 2.80 bits per heavy atom. The summed E-state index contributed by atoms with van der Waals surface area (Å²) in [6, 6.07) is 7.50. The fourth-order valence-electron chi connectivity index (χ4n) is 1.63. The molecule has 1 aromatic carbocycles. The normalized spacial score (nSPS) is 17.1. The lowest BCUT2D eigenvalue weighted by Gasteiger charge is -2.14. The van der Waals surface area contributed by atoms with Crippen molar-refractivity contribution in [2.45, 2.75) is 6.42 Å². The van der Waals surface area contributed by atoms with Gasteiger partial charge in [0.2, 0.25) is 0 Å². The van der Waals surface area contributed by atoms with Crippen LogP contribution in [0, 0.1) is 0 Å². The molecule has 0 atom stereocenters. The zero-order chi connectivity index (χ0) is 14.7. The van der Waals surface area contributed by atoms with Gasteiger partial charge in [-0.05, 0) is 17.7 Å². The molecule has 0 N–H and O–H groups in total. The molecule has 1 aliphatic rings. The molecule has 0 aromatic heterocycles. The summed E-state index contributed by atoms with van der Waals surface area (Å²) in [5.74, 6) is -1.47. The number of rotatable bonds is 4. The number of hydrogen-bond donors (Lipinski definition) is 0. The molecule has 4 nitrogen and oxygen atoms in total. The predicted octanol–water partition coefficient (Wildman–Crippen LogP) is 1.79. The molecule has 20 heavy (non-hydrogen) atoms. The predicted molar refractivity (Wildman–Crippen MR) is 83.6 cm³/mol. The highest BCUT2D eigenvalue weighted by Gasteiger charge is 2.31. The zero-order valence-electron chi connectivity index (χ0n) is 10.2. The van der Waals surface area contributed by atoms with Gasteiger partial charge in [-0.15, -0.1) is 0 Å². The van der Waals surface area contributed by atoms with Crippen LogP contribution in [-0.2, 0) is 9.59 Å². The lowest BCUT2D eigenvalue weighted by molar-refractivity contribution is -0.305. The maximum Gasteiger partial charge on any atom is 0.266 e. The first-order chi connectivity index (χ1) is 9.49. The molecule has 0 saturated carbocycles. The molecule has 0 radical (unpaired) electrons. The molecule has 1 fully saturated rings. The molecular weight excluding hydrogens is 362 g/mol. The number of carbonyl (C=O) groups excluding carboxylic acids is 2. The van der Waals surface area contributed by atoms with Crippen LogP contribution in [0.5, 0.6) is 0 Å². The summed E-state index contributed by atoms with van der Waals surface area (Å²) in [6.07, 6.45) is 1.51. The van der Waals surface area contributed by atoms with E-state index in [1.54, 1.807) is 6.08 Å². The van der Waals surface area contributed by atoms with Gasteiger partial charge in [-0.25, -0.2) is 0 Å². The molecule has 0 unspecified atom stereocenters. The van der Waals surface area contributed by atoms with Crippen molar-refractivity contribution in [3.63, 3.8) is 0 Å². The summed E-state index contributed by atoms with van der Waals surface area (Å²) < 4.78 is 1.24. The van der Waals surface area contributed by atoms with Crippen LogP contribution in [0.15, 0.2) is 33.6 Å². The second-order valence-corrected chi connectivity index (χ2v) is 6.51. The van der Waals surface area contributed by atoms with Gasteiger partial charge in [0.25, 0.3) is 5.91 Å². The van der Waals surface area contributed by atoms with E-state index in [1.165, 1.54) is 16.7 Å². The Labute approximate surface area is 134 Å². The Morgan fingerprint density at radius 1 is 1.45 bits per heavy atom. The van der Waals surface area contributed by atoms with E-state index >= 15 is 0 Å². The molecule has 2 rings (SSSR count). The minimum Gasteiger partial charge on any atom is -0.550 e. The third-order valence-corrected chi connectivity index (χ3v) is 4.70. The molecule has 104 valence electrons. The first-order valence-electron chi connectivity index (χ1n) is 5.69. The monoisotopic (exact) mass is 370 g/mol. The van der Waals surface area contributed by atoms with Crippen molar-refractivity contribution in [2.24, 2.45) is 0 Å². The number of thioether (sulfide) groups is 1. The van der Waals surface area contributed by atoms with Crippen LogP contribution in [0.25, 0.3) is 6.08 Å². The first-order valence-corrected chi connectivity index (χ1v) is 7.70. The SMILES string of the molecule is O=C([O-])CCN1C(=O)/C(=C\c2ccccc2Br)SC1=S. The molecule has 7 heteroatoms. The number of carbonyl (C=O) groups is 2. The fourth-order valence-corrected chi connectivity index (χ4v) is 3.33. The smallest absolute Gasteiger partial charge is 0.266 e. The number of nitrogens with zero attached hydrogens (tertiary/aromatic N) is 1. The van der Waals surface area contributed by atoms with Crippen LogP contribution in [-0.4, -0.2) is 27.6 Å². The maximum atomic E-state index is 12.2. The van der Waals surface area contributed by atoms with Crippen LogP contribution in [0.2, 0.25) is 0 Å². The second kappa shape index (κ2) is 6.51. The Balaban J connectivity index is 2.19. The highest BCUT2D eigenvalue weighted by Crippen LogP contribution is 2.33. The van der Waals surface area contributed by atoms with Gasteiger partial charge in [-0.1, -0.05) is 58.1 Å². The molecule has 1 saturated heterocycles. The van der Waals surface area contributed by atoms with Crippen LogP contribution in [0.1, 0.15) is 12.0 Å². The standard InChI is InChI=1S/C13H10BrNO3S2/c14-9-4-2-1-3-8(9)7-10-12(18)15(13(19)20-10)6-5-11(16)17/h1-4,7H,5-6H2,(H,16,17)/p-1/b10-7+. The lowest BCUT2D eigenvalue weighted by atomic mass is 10.2. The summed E-state index contributed by atoms with van der Waals surface area (Å²) in [5, 5.41) is 10.5. The second-order valence-electron chi connectivity index (χ2n) is 3.98. The van der Waals surface area contributed by atoms with Crippen molar-refractivity contribution in [1.29, 1.82) is 0 Å². The Morgan fingerprint density at radius 2 is 2.15 bits per heavy atom.